The van der Waals surface area contributed by atoms with Gasteiger partial charge in [0.05, 0.1) is 18.1 Å². The minimum absolute atomic E-state index is 0.00380. The van der Waals surface area contributed by atoms with Gasteiger partial charge >= 0.3 is 0 Å². The van der Waals surface area contributed by atoms with Crippen molar-refractivity contribution < 1.29 is 47.9 Å². The molecule has 0 heterocycles. The Kier molecular flexibility index (Phi) is 21.2. The SMILES string of the molecule is CNC(CCC(C)=O)C(=O)NC(CCC(=O)NC(CCC(C)=O)C(C)=O)C(=O)NC(CCC(=O)NC(CCC(C)=O)C(C)=O)CC(C)=O. The van der Waals surface area contributed by atoms with E-state index in [9.17, 15) is 47.9 Å². The van der Waals surface area contributed by atoms with Crippen molar-refractivity contribution in [2.24, 2.45) is 0 Å². The molecular formula is C33H53N5O10. The maximum Gasteiger partial charge on any atom is 0.242 e. The summed E-state index contributed by atoms with van der Waals surface area (Å²) in [6.45, 7) is 8.00. The Morgan fingerprint density at radius 1 is 0.417 bits per heavy atom. The van der Waals surface area contributed by atoms with Crippen LogP contribution in [0.15, 0.2) is 0 Å². The van der Waals surface area contributed by atoms with E-state index >= 15 is 0 Å². The van der Waals surface area contributed by atoms with Crippen LogP contribution in [0.5, 0.6) is 0 Å². The normalized spacial score (nSPS) is 13.9. The van der Waals surface area contributed by atoms with Gasteiger partial charge in [0.15, 0.2) is 11.6 Å². The lowest BCUT2D eigenvalue weighted by Gasteiger charge is -2.25. The predicted octanol–water partition coefficient (Wildman–Crippen LogP) is 0.339. The van der Waals surface area contributed by atoms with Crippen LogP contribution in [0.2, 0.25) is 0 Å². The first-order valence-electron chi connectivity index (χ1n) is 16.2. The number of ketones is 6. The van der Waals surface area contributed by atoms with E-state index in [1.54, 1.807) is 0 Å². The molecule has 0 aromatic heterocycles. The molecule has 5 atom stereocenters. The summed E-state index contributed by atoms with van der Waals surface area (Å²) in [4.78, 5) is 122. The Hall–Kier alpha value is -4.14. The van der Waals surface area contributed by atoms with Crippen LogP contribution in [0.4, 0.5) is 0 Å². The van der Waals surface area contributed by atoms with Crippen LogP contribution in [0, 0.1) is 0 Å². The minimum atomic E-state index is -1.28. The maximum absolute atomic E-state index is 13.5. The zero-order chi connectivity index (χ0) is 37.0. The third kappa shape index (κ3) is 20.2. The third-order valence-corrected chi connectivity index (χ3v) is 7.57. The van der Waals surface area contributed by atoms with Gasteiger partial charge in [0.2, 0.25) is 23.6 Å². The standard InChI is InChI=1S/C33H53N5O10/c1-19(39)8-12-26(23(5)43)36-30(45)16-11-25(18-22(4)42)35-33(48)29(38-32(47)28(34-7)14-10-21(3)41)15-17-31(46)37-27(24(6)44)13-9-20(2)40/h25-29,34H,8-18H2,1-7H3,(H,35,48)(H,36,45)(H,37,46)(H,38,47). The summed E-state index contributed by atoms with van der Waals surface area (Å²) >= 11 is 0. The van der Waals surface area contributed by atoms with Crippen LogP contribution in [0.25, 0.3) is 0 Å². The topological polar surface area (TPSA) is 231 Å². The Morgan fingerprint density at radius 3 is 1.17 bits per heavy atom. The van der Waals surface area contributed by atoms with Crippen molar-refractivity contribution in [2.75, 3.05) is 7.05 Å². The zero-order valence-electron chi connectivity index (χ0n) is 29.2. The second kappa shape index (κ2) is 23.2. The number of hydrogen-bond donors (Lipinski definition) is 5. The fourth-order valence-electron chi connectivity index (χ4n) is 4.73. The van der Waals surface area contributed by atoms with Gasteiger partial charge in [0.1, 0.15) is 29.2 Å². The largest absolute Gasteiger partial charge is 0.351 e. The minimum Gasteiger partial charge on any atom is -0.351 e. The number of Topliss-reactive ketones (excluding diaryl/α,β-unsaturated/α-hetero) is 6. The number of rotatable bonds is 26. The Labute approximate surface area is 282 Å². The van der Waals surface area contributed by atoms with Gasteiger partial charge in [-0.05, 0) is 80.7 Å². The summed E-state index contributed by atoms with van der Waals surface area (Å²) in [5.74, 6) is -3.82. The van der Waals surface area contributed by atoms with Crippen LogP contribution < -0.4 is 26.6 Å². The highest BCUT2D eigenvalue weighted by Gasteiger charge is 2.29. The summed E-state index contributed by atoms with van der Waals surface area (Å²) in [7, 11) is 1.51. The van der Waals surface area contributed by atoms with Gasteiger partial charge in [0.25, 0.3) is 0 Å². The van der Waals surface area contributed by atoms with Crippen molar-refractivity contribution in [1.29, 1.82) is 0 Å². The van der Waals surface area contributed by atoms with Gasteiger partial charge in [-0.2, -0.15) is 0 Å². The molecule has 0 aliphatic rings. The van der Waals surface area contributed by atoms with E-state index < -0.39 is 53.8 Å². The lowest BCUT2D eigenvalue weighted by atomic mass is 10.0. The van der Waals surface area contributed by atoms with Crippen LogP contribution >= 0.6 is 0 Å². The van der Waals surface area contributed by atoms with Gasteiger partial charge in [0, 0.05) is 44.6 Å². The lowest BCUT2D eigenvalue weighted by molar-refractivity contribution is -0.132. The summed E-state index contributed by atoms with van der Waals surface area (Å²) in [6.07, 6.45) is -0.0915. The average molecular weight is 680 g/mol. The van der Waals surface area contributed by atoms with Gasteiger partial charge in [-0.25, -0.2) is 0 Å². The molecule has 4 amide bonds. The molecule has 0 aliphatic carbocycles. The number of carbonyl (C=O) groups excluding carboxylic acids is 10. The molecule has 0 saturated heterocycles. The number of likely N-dealkylation sites (N-methyl/N-ethyl adjacent to an activating group) is 1. The monoisotopic (exact) mass is 679 g/mol. The zero-order valence-corrected chi connectivity index (χ0v) is 29.2. The highest BCUT2D eigenvalue weighted by Crippen LogP contribution is 2.10. The van der Waals surface area contributed by atoms with Crippen LogP contribution in [0.1, 0.15) is 112 Å². The van der Waals surface area contributed by atoms with Crippen LogP contribution in [-0.2, 0) is 47.9 Å². The maximum atomic E-state index is 13.5. The van der Waals surface area contributed by atoms with E-state index in [0.717, 1.165) is 0 Å². The molecule has 0 rings (SSSR count). The van der Waals surface area contributed by atoms with E-state index in [4.69, 9.17) is 0 Å². The fourth-order valence-corrected chi connectivity index (χ4v) is 4.73. The summed E-state index contributed by atoms with van der Waals surface area (Å²) < 4.78 is 0. The van der Waals surface area contributed by atoms with Gasteiger partial charge < -0.3 is 41.0 Å². The van der Waals surface area contributed by atoms with Crippen molar-refractivity contribution in [3.05, 3.63) is 0 Å². The molecule has 0 aliphatic heterocycles. The molecule has 15 nitrogen and oxygen atoms in total. The van der Waals surface area contributed by atoms with Gasteiger partial charge in [-0.3, -0.25) is 33.6 Å². The van der Waals surface area contributed by atoms with Crippen LogP contribution in [0.3, 0.4) is 0 Å². The summed E-state index contributed by atoms with van der Waals surface area (Å²) in [5.41, 5.74) is 0. The second-order valence-corrected chi connectivity index (χ2v) is 12.3. The lowest BCUT2D eigenvalue weighted by Crippen LogP contribution is -2.54. The predicted molar refractivity (Wildman–Crippen MR) is 175 cm³/mol. The summed E-state index contributed by atoms with van der Waals surface area (Å²) in [5, 5.41) is 13.2. The van der Waals surface area contributed by atoms with E-state index in [1.807, 2.05) is 0 Å². The Morgan fingerprint density at radius 2 is 0.792 bits per heavy atom. The van der Waals surface area contributed by atoms with E-state index in [-0.39, 0.29) is 105 Å². The second-order valence-electron chi connectivity index (χ2n) is 12.3. The highest BCUT2D eigenvalue weighted by atomic mass is 16.2. The van der Waals surface area contributed by atoms with E-state index in [0.29, 0.717) is 0 Å². The average Bonchev–Trinajstić information content (AvgIpc) is 2.97. The van der Waals surface area contributed by atoms with Crippen molar-refractivity contribution >= 4 is 58.3 Å². The number of nitrogens with one attached hydrogen (secondary N) is 5. The van der Waals surface area contributed by atoms with Crippen LogP contribution in [-0.4, -0.2) is 95.6 Å². The van der Waals surface area contributed by atoms with E-state index in [2.05, 4.69) is 26.6 Å². The first-order chi connectivity index (χ1) is 22.4. The van der Waals surface area contributed by atoms with Crippen molar-refractivity contribution in [1.82, 2.24) is 26.6 Å². The summed E-state index contributed by atoms with van der Waals surface area (Å²) in [6, 6.07) is -4.71. The fraction of sp³-hybridized carbons (Fsp3) is 0.697. The molecule has 0 aromatic carbocycles. The Balaban J connectivity index is 5.83. The molecular weight excluding hydrogens is 626 g/mol. The first-order valence-corrected chi connectivity index (χ1v) is 16.2. The molecule has 5 unspecified atom stereocenters. The van der Waals surface area contributed by atoms with Crippen molar-refractivity contribution in [3.63, 3.8) is 0 Å². The van der Waals surface area contributed by atoms with Gasteiger partial charge in [-0.1, -0.05) is 0 Å². The molecule has 0 fully saturated rings. The molecule has 48 heavy (non-hydrogen) atoms. The number of hydrogen-bond acceptors (Lipinski definition) is 11. The van der Waals surface area contributed by atoms with E-state index in [1.165, 1.54) is 48.6 Å². The highest BCUT2D eigenvalue weighted by molar-refractivity contribution is 5.92. The van der Waals surface area contributed by atoms with Gasteiger partial charge in [-0.15, -0.1) is 0 Å². The first kappa shape index (κ1) is 43.9. The molecule has 270 valence electrons. The smallest absolute Gasteiger partial charge is 0.242 e. The quantitative estimate of drug-likeness (QED) is 0.0837. The van der Waals surface area contributed by atoms with Crippen molar-refractivity contribution in [3.8, 4) is 0 Å². The third-order valence-electron chi connectivity index (χ3n) is 7.57. The molecule has 5 N–H and O–H groups in total. The van der Waals surface area contributed by atoms with Crippen molar-refractivity contribution in [2.45, 2.75) is 142 Å². The molecule has 0 aromatic rings. The molecule has 0 saturated carbocycles. The molecule has 0 radical (unpaired) electrons. The molecule has 0 spiro atoms. The molecule has 0 bridgehead atoms. The Bertz CT molecular complexity index is 1200. The number of carbonyl (C=O) groups is 10. The number of amides is 4. The molecule has 15 heteroatoms.